The summed E-state index contributed by atoms with van der Waals surface area (Å²) in [6.07, 6.45) is 3.56. The minimum Gasteiger partial charge on any atom is -0.381 e. The Balaban J connectivity index is 2.19. The first-order chi connectivity index (χ1) is 9.22. The van der Waals surface area contributed by atoms with Crippen molar-refractivity contribution < 1.29 is 4.74 Å². The molecule has 1 heterocycles. The molecule has 1 aromatic carbocycles. The van der Waals surface area contributed by atoms with E-state index in [1.54, 1.807) is 0 Å². The summed E-state index contributed by atoms with van der Waals surface area (Å²) in [5.74, 6) is 0.570. The maximum Gasteiger partial charge on any atom is 0.0512 e. The van der Waals surface area contributed by atoms with E-state index < -0.39 is 0 Å². The fourth-order valence-corrected chi connectivity index (χ4v) is 3.07. The van der Waals surface area contributed by atoms with Crippen LogP contribution in [-0.4, -0.2) is 19.8 Å². The molecule has 1 fully saturated rings. The Morgan fingerprint density at radius 2 is 2.32 bits per heavy atom. The summed E-state index contributed by atoms with van der Waals surface area (Å²) in [6.45, 7) is 7.17. The van der Waals surface area contributed by atoms with Crippen molar-refractivity contribution in [3.63, 3.8) is 0 Å². The van der Waals surface area contributed by atoms with Crippen LogP contribution in [0, 0.1) is 12.8 Å². The number of hydrogen-bond donors (Lipinski definition) is 1. The number of hydrogen-bond acceptors (Lipinski definition) is 2. The molecule has 1 N–H and O–H groups in total. The van der Waals surface area contributed by atoms with E-state index in [0.717, 1.165) is 31.2 Å². The highest BCUT2D eigenvalue weighted by molar-refractivity contribution is 6.30. The average molecular weight is 282 g/mol. The summed E-state index contributed by atoms with van der Waals surface area (Å²) in [5.41, 5.74) is 2.64. The summed E-state index contributed by atoms with van der Waals surface area (Å²) in [4.78, 5) is 0. The van der Waals surface area contributed by atoms with E-state index in [9.17, 15) is 0 Å². The number of benzene rings is 1. The van der Waals surface area contributed by atoms with Crippen LogP contribution in [0.2, 0.25) is 5.02 Å². The molecule has 0 aromatic heterocycles. The Morgan fingerprint density at radius 1 is 1.47 bits per heavy atom. The van der Waals surface area contributed by atoms with Gasteiger partial charge in [-0.25, -0.2) is 0 Å². The Hall–Kier alpha value is -0.570. The molecule has 2 unspecified atom stereocenters. The van der Waals surface area contributed by atoms with Gasteiger partial charge in [0.05, 0.1) is 6.61 Å². The third kappa shape index (κ3) is 3.95. The Kier molecular flexibility index (Phi) is 5.68. The van der Waals surface area contributed by atoms with Gasteiger partial charge in [-0.2, -0.15) is 0 Å². The van der Waals surface area contributed by atoms with E-state index in [1.807, 2.05) is 6.07 Å². The van der Waals surface area contributed by atoms with Crippen molar-refractivity contribution in [2.75, 3.05) is 19.8 Å². The van der Waals surface area contributed by atoms with Crippen LogP contribution in [0.3, 0.4) is 0 Å². The lowest BCUT2D eigenvalue weighted by Gasteiger charge is -2.32. The molecule has 3 heteroatoms. The summed E-state index contributed by atoms with van der Waals surface area (Å²) >= 11 is 6.07. The SMILES string of the molecule is CCCNC(c1ccc(Cl)cc1C)C1CCCOC1. The van der Waals surface area contributed by atoms with Crippen LogP contribution in [0.15, 0.2) is 18.2 Å². The van der Waals surface area contributed by atoms with Gasteiger partial charge in [0, 0.05) is 23.6 Å². The minimum absolute atomic E-state index is 0.387. The van der Waals surface area contributed by atoms with Crippen LogP contribution >= 0.6 is 11.6 Å². The summed E-state index contributed by atoms with van der Waals surface area (Å²) in [5, 5.41) is 4.51. The first kappa shape index (κ1) is 14.8. The predicted octanol–water partition coefficient (Wildman–Crippen LogP) is 4.12. The van der Waals surface area contributed by atoms with E-state index in [-0.39, 0.29) is 0 Å². The molecule has 2 nitrogen and oxygen atoms in total. The van der Waals surface area contributed by atoms with Crippen molar-refractivity contribution in [1.29, 1.82) is 0 Å². The highest BCUT2D eigenvalue weighted by Gasteiger charge is 2.26. The molecule has 0 saturated carbocycles. The highest BCUT2D eigenvalue weighted by atomic mass is 35.5. The summed E-state index contributed by atoms with van der Waals surface area (Å²) in [7, 11) is 0. The molecule has 0 spiro atoms. The fourth-order valence-electron chi connectivity index (χ4n) is 2.85. The van der Waals surface area contributed by atoms with Crippen molar-refractivity contribution in [2.45, 2.75) is 39.2 Å². The number of aryl methyl sites for hydroxylation is 1. The average Bonchev–Trinajstić information content (AvgIpc) is 2.42. The van der Waals surface area contributed by atoms with Gasteiger partial charge >= 0.3 is 0 Å². The van der Waals surface area contributed by atoms with Gasteiger partial charge in [-0.3, -0.25) is 0 Å². The predicted molar refractivity (Wildman–Crippen MR) is 80.8 cm³/mol. The molecular weight excluding hydrogens is 258 g/mol. The molecule has 0 amide bonds. The minimum atomic E-state index is 0.387. The second kappa shape index (κ2) is 7.28. The molecule has 0 radical (unpaired) electrons. The molecule has 106 valence electrons. The van der Waals surface area contributed by atoms with E-state index in [4.69, 9.17) is 16.3 Å². The highest BCUT2D eigenvalue weighted by Crippen LogP contribution is 2.31. The Bertz CT molecular complexity index is 402. The van der Waals surface area contributed by atoms with Crippen LogP contribution in [-0.2, 0) is 4.74 Å². The monoisotopic (exact) mass is 281 g/mol. The van der Waals surface area contributed by atoms with E-state index in [2.05, 4.69) is 31.3 Å². The zero-order valence-electron chi connectivity index (χ0n) is 11.9. The molecule has 2 rings (SSSR count). The third-order valence-corrected chi connectivity index (χ3v) is 4.08. The largest absolute Gasteiger partial charge is 0.381 e. The van der Waals surface area contributed by atoms with E-state index in [0.29, 0.717) is 12.0 Å². The first-order valence-electron chi connectivity index (χ1n) is 7.29. The van der Waals surface area contributed by atoms with Gasteiger partial charge in [0.15, 0.2) is 0 Å². The van der Waals surface area contributed by atoms with Crippen molar-refractivity contribution in [2.24, 2.45) is 5.92 Å². The number of halogens is 1. The van der Waals surface area contributed by atoms with Crippen molar-refractivity contribution >= 4 is 11.6 Å². The van der Waals surface area contributed by atoms with Gasteiger partial charge in [0.25, 0.3) is 0 Å². The summed E-state index contributed by atoms with van der Waals surface area (Å²) < 4.78 is 5.66. The van der Waals surface area contributed by atoms with Crippen LogP contribution in [0.4, 0.5) is 0 Å². The van der Waals surface area contributed by atoms with Crippen LogP contribution in [0.5, 0.6) is 0 Å². The molecular formula is C16H24ClNO. The molecule has 0 aliphatic carbocycles. The molecule has 19 heavy (non-hydrogen) atoms. The van der Waals surface area contributed by atoms with E-state index >= 15 is 0 Å². The van der Waals surface area contributed by atoms with Gasteiger partial charge < -0.3 is 10.1 Å². The zero-order chi connectivity index (χ0) is 13.7. The lowest BCUT2D eigenvalue weighted by atomic mass is 9.86. The Labute approximate surface area is 121 Å². The fraction of sp³-hybridized carbons (Fsp3) is 0.625. The first-order valence-corrected chi connectivity index (χ1v) is 7.67. The van der Waals surface area contributed by atoms with Crippen molar-refractivity contribution in [3.8, 4) is 0 Å². The number of ether oxygens (including phenoxy) is 1. The van der Waals surface area contributed by atoms with E-state index in [1.165, 1.54) is 24.0 Å². The molecule has 1 aliphatic rings. The third-order valence-electron chi connectivity index (χ3n) is 3.85. The molecule has 1 aliphatic heterocycles. The van der Waals surface area contributed by atoms with Gasteiger partial charge in [-0.1, -0.05) is 24.6 Å². The Morgan fingerprint density at radius 3 is 2.95 bits per heavy atom. The quantitative estimate of drug-likeness (QED) is 0.877. The maximum atomic E-state index is 6.07. The van der Waals surface area contributed by atoms with Crippen molar-refractivity contribution in [1.82, 2.24) is 5.32 Å². The van der Waals surface area contributed by atoms with Crippen LogP contribution in [0.25, 0.3) is 0 Å². The number of rotatable bonds is 5. The second-order valence-corrected chi connectivity index (χ2v) is 5.85. The van der Waals surface area contributed by atoms with Gasteiger partial charge in [-0.05, 0) is 56.0 Å². The topological polar surface area (TPSA) is 21.3 Å². The van der Waals surface area contributed by atoms with Gasteiger partial charge in [0.2, 0.25) is 0 Å². The maximum absolute atomic E-state index is 6.07. The standard InChI is InChI=1S/C16H24ClNO/c1-3-8-18-16(13-5-4-9-19-11-13)15-7-6-14(17)10-12(15)2/h6-7,10,13,16,18H,3-5,8-9,11H2,1-2H3. The second-order valence-electron chi connectivity index (χ2n) is 5.41. The summed E-state index contributed by atoms with van der Waals surface area (Å²) in [6, 6.07) is 6.60. The van der Waals surface area contributed by atoms with Crippen molar-refractivity contribution in [3.05, 3.63) is 34.3 Å². The van der Waals surface area contributed by atoms with Gasteiger partial charge in [0.1, 0.15) is 0 Å². The molecule has 0 bridgehead atoms. The normalized spacial score (nSPS) is 21.3. The number of nitrogens with one attached hydrogen (secondary N) is 1. The van der Waals surface area contributed by atoms with Crippen LogP contribution in [0.1, 0.15) is 43.4 Å². The van der Waals surface area contributed by atoms with Crippen LogP contribution < -0.4 is 5.32 Å². The lowest BCUT2D eigenvalue weighted by molar-refractivity contribution is 0.0389. The molecule has 1 saturated heterocycles. The van der Waals surface area contributed by atoms with Gasteiger partial charge in [-0.15, -0.1) is 0 Å². The zero-order valence-corrected chi connectivity index (χ0v) is 12.7. The molecule has 2 atom stereocenters. The lowest BCUT2D eigenvalue weighted by Crippen LogP contribution is -2.34. The molecule has 1 aromatic rings. The smallest absolute Gasteiger partial charge is 0.0512 e.